The third kappa shape index (κ3) is 1.29. The maximum atomic E-state index is 11.4. The Kier molecular flexibility index (Phi) is 2.09. The first-order chi connectivity index (χ1) is 5.91. The Hall–Kier alpha value is -1.42. The van der Waals surface area contributed by atoms with E-state index in [4.69, 9.17) is 5.11 Å². The molecule has 0 spiro atoms. The van der Waals surface area contributed by atoms with E-state index in [1.807, 2.05) is 0 Å². The van der Waals surface area contributed by atoms with Crippen molar-refractivity contribution in [3.63, 3.8) is 0 Å². The van der Waals surface area contributed by atoms with Gasteiger partial charge in [0.25, 0.3) is 0 Å². The molecule has 4 heteroatoms. The van der Waals surface area contributed by atoms with Gasteiger partial charge in [0.2, 0.25) is 5.78 Å². The van der Waals surface area contributed by atoms with Crippen molar-refractivity contribution in [3.05, 3.63) is 23.5 Å². The average Bonchev–Trinajstić information content (AvgIpc) is 2.03. The predicted molar refractivity (Wildman–Crippen MR) is 45.1 cm³/mol. The second kappa shape index (κ2) is 2.81. The zero-order valence-corrected chi connectivity index (χ0v) is 7.37. The van der Waals surface area contributed by atoms with Gasteiger partial charge in [-0.05, 0) is 25.5 Å². The Morgan fingerprint density at radius 3 is 2.46 bits per heavy atom. The molecule has 0 saturated heterocycles. The highest BCUT2D eigenvalue weighted by atomic mass is 16.3. The van der Waals surface area contributed by atoms with E-state index in [0.717, 1.165) is 13.0 Å². The summed E-state index contributed by atoms with van der Waals surface area (Å²) in [5.41, 5.74) is -1.69. The van der Waals surface area contributed by atoms with Gasteiger partial charge in [-0.2, -0.15) is 0 Å². The quantitative estimate of drug-likeness (QED) is 0.320. The molecular formula is C9H10O4. The van der Waals surface area contributed by atoms with Crippen molar-refractivity contribution in [3.8, 4) is 0 Å². The second-order valence-electron chi connectivity index (χ2n) is 3.14. The lowest BCUT2D eigenvalue weighted by atomic mass is 9.82. The first-order valence-corrected chi connectivity index (χ1v) is 3.76. The number of allylic oxidation sites excluding steroid dienone is 1. The standard InChI is InChI=1S/C9H10O4/c1-5-3-7(11)9(2,13)8(12)6(5)4-10/h3-4,10,13H,1-2H3/b6-4-. The largest absolute Gasteiger partial charge is 0.515 e. The van der Waals surface area contributed by atoms with Crippen molar-refractivity contribution < 1.29 is 19.8 Å². The molecule has 0 aromatic carbocycles. The minimum atomic E-state index is -2.03. The molecule has 4 nitrogen and oxygen atoms in total. The van der Waals surface area contributed by atoms with Gasteiger partial charge in [0.05, 0.1) is 11.8 Å². The number of ketones is 2. The van der Waals surface area contributed by atoms with Crippen molar-refractivity contribution in [1.82, 2.24) is 0 Å². The summed E-state index contributed by atoms with van der Waals surface area (Å²) in [7, 11) is 0. The summed E-state index contributed by atoms with van der Waals surface area (Å²) in [5.74, 6) is -1.42. The highest BCUT2D eigenvalue weighted by Gasteiger charge is 2.42. The van der Waals surface area contributed by atoms with Gasteiger partial charge in [-0.3, -0.25) is 9.59 Å². The summed E-state index contributed by atoms with van der Waals surface area (Å²) in [5, 5.41) is 18.1. The van der Waals surface area contributed by atoms with Gasteiger partial charge >= 0.3 is 0 Å². The van der Waals surface area contributed by atoms with E-state index in [-0.39, 0.29) is 5.57 Å². The Morgan fingerprint density at radius 2 is 2.00 bits per heavy atom. The normalized spacial score (nSPS) is 32.2. The minimum Gasteiger partial charge on any atom is -0.515 e. The molecule has 2 N–H and O–H groups in total. The number of rotatable bonds is 0. The highest BCUT2D eigenvalue weighted by Crippen LogP contribution is 2.25. The number of carbonyl (C=O) groups excluding carboxylic acids is 2. The maximum absolute atomic E-state index is 11.4. The third-order valence-electron chi connectivity index (χ3n) is 2.07. The summed E-state index contributed by atoms with van der Waals surface area (Å²) in [6.45, 7) is 2.64. The number of hydrogen-bond acceptors (Lipinski definition) is 4. The molecule has 0 aliphatic heterocycles. The van der Waals surface area contributed by atoms with E-state index in [2.05, 4.69) is 0 Å². The minimum absolute atomic E-state index is 0.0235. The molecule has 0 aromatic rings. The third-order valence-corrected chi connectivity index (χ3v) is 2.07. The first kappa shape index (κ1) is 9.67. The molecule has 0 aromatic heterocycles. The SMILES string of the molecule is CC1=CC(=O)C(C)(O)C(=O)/C1=C\O. The van der Waals surface area contributed by atoms with Crippen LogP contribution in [0.5, 0.6) is 0 Å². The maximum Gasteiger partial charge on any atom is 0.205 e. The number of hydrogen-bond donors (Lipinski definition) is 2. The molecule has 1 aliphatic rings. The van der Waals surface area contributed by atoms with E-state index >= 15 is 0 Å². The molecule has 0 radical (unpaired) electrons. The van der Waals surface area contributed by atoms with Crippen molar-refractivity contribution in [2.75, 3.05) is 0 Å². The van der Waals surface area contributed by atoms with Crippen LogP contribution in [0.3, 0.4) is 0 Å². The van der Waals surface area contributed by atoms with Crippen molar-refractivity contribution in [2.24, 2.45) is 0 Å². The van der Waals surface area contributed by atoms with E-state index < -0.39 is 17.2 Å². The van der Waals surface area contributed by atoms with Crippen molar-refractivity contribution in [1.29, 1.82) is 0 Å². The van der Waals surface area contributed by atoms with E-state index in [1.54, 1.807) is 0 Å². The van der Waals surface area contributed by atoms with Crippen LogP contribution in [0.15, 0.2) is 23.5 Å². The fourth-order valence-electron chi connectivity index (χ4n) is 1.13. The fraction of sp³-hybridized carbons (Fsp3) is 0.333. The number of aliphatic hydroxyl groups excluding tert-OH is 1. The lowest BCUT2D eigenvalue weighted by Gasteiger charge is -2.24. The van der Waals surface area contributed by atoms with Crippen LogP contribution in [0.1, 0.15) is 13.8 Å². The monoisotopic (exact) mass is 182 g/mol. The Labute approximate surface area is 75.2 Å². The van der Waals surface area contributed by atoms with E-state index in [0.29, 0.717) is 11.8 Å². The lowest BCUT2D eigenvalue weighted by molar-refractivity contribution is -0.144. The van der Waals surface area contributed by atoms with Gasteiger partial charge < -0.3 is 10.2 Å². The Bertz CT molecular complexity index is 334. The highest BCUT2D eigenvalue weighted by molar-refractivity contribution is 6.24. The van der Waals surface area contributed by atoms with Crippen LogP contribution in [-0.4, -0.2) is 27.4 Å². The van der Waals surface area contributed by atoms with Crippen LogP contribution in [0.25, 0.3) is 0 Å². The molecule has 13 heavy (non-hydrogen) atoms. The Morgan fingerprint density at radius 1 is 1.46 bits per heavy atom. The Balaban J connectivity index is 3.32. The molecule has 1 unspecified atom stereocenters. The summed E-state index contributed by atoms with van der Waals surface area (Å²) in [4.78, 5) is 22.5. The summed E-state index contributed by atoms with van der Waals surface area (Å²) in [6, 6.07) is 0. The molecule has 0 bridgehead atoms. The average molecular weight is 182 g/mol. The predicted octanol–water partition coefficient (Wildman–Crippen LogP) is 0.277. The molecule has 1 atom stereocenters. The topological polar surface area (TPSA) is 74.6 Å². The lowest BCUT2D eigenvalue weighted by Crippen LogP contribution is -2.46. The smallest absolute Gasteiger partial charge is 0.205 e. The summed E-state index contributed by atoms with van der Waals surface area (Å²) >= 11 is 0. The summed E-state index contributed by atoms with van der Waals surface area (Å²) in [6.07, 6.45) is 1.75. The van der Waals surface area contributed by atoms with Gasteiger partial charge in [-0.15, -0.1) is 0 Å². The molecule has 0 fully saturated rings. The van der Waals surface area contributed by atoms with Crippen LogP contribution in [0.4, 0.5) is 0 Å². The fourth-order valence-corrected chi connectivity index (χ4v) is 1.13. The zero-order chi connectivity index (χ0) is 10.2. The molecule has 1 rings (SSSR count). The molecular weight excluding hydrogens is 172 g/mol. The molecule has 0 heterocycles. The summed E-state index contributed by atoms with van der Waals surface area (Å²) < 4.78 is 0. The van der Waals surface area contributed by atoms with Crippen molar-refractivity contribution in [2.45, 2.75) is 19.4 Å². The first-order valence-electron chi connectivity index (χ1n) is 3.76. The van der Waals surface area contributed by atoms with Gasteiger partial charge in [0.15, 0.2) is 11.4 Å². The van der Waals surface area contributed by atoms with Gasteiger partial charge in [-0.25, -0.2) is 0 Å². The molecule has 0 saturated carbocycles. The molecule has 1 aliphatic carbocycles. The van der Waals surface area contributed by atoms with Crippen LogP contribution >= 0.6 is 0 Å². The van der Waals surface area contributed by atoms with E-state index in [1.165, 1.54) is 6.92 Å². The van der Waals surface area contributed by atoms with Crippen LogP contribution < -0.4 is 0 Å². The van der Waals surface area contributed by atoms with E-state index in [9.17, 15) is 14.7 Å². The number of aliphatic hydroxyl groups is 2. The van der Waals surface area contributed by atoms with Gasteiger partial charge in [0, 0.05) is 0 Å². The number of carbonyl (C=O) groups is 2. The second-order valence-corrected chi connectivity index (χ2v) is 3.14. The van der Waals surface area contributed by atoms with Crippen LogP contribution in [0, 0.1) is 0 Å². The van der Waals surface area contributed by atoms with Crippen molar-refractivity contribution >= 4 is 11.6 Å². The van der Waals surface area contributed by atoms with Crippen LogP contribution in [-0.2, 0) is 9.59 Å². The van der Waals surface area contributed by atoms with Gasteiger partial charge in [0.1, 0.15) is 0 Å². The molecule has 70 valence electrons. The number of Topliss-reactive ketones (excluding diaryl/α,β-unsaturated/α-hetero) is 1. The zero-order valence-electron chi connectivity index (χ0n) is 7.37. The van der Waals surface area contributed by atoms with Crippen LogP contribution in [0.2, 0.25) is 0 Å². The van der Waals surface area contributed by atoms with Gasteiger partial charge in [-0.1, -0.05) is 0 Å². The molecule has 0 amide bonds.